The highest BCUT2D eigenvalue weighted by Gasteiger charge is 2.37. The van der Waals surface area contributed by atoms with Gasteiger partial charge in [-0.2, -0.15) is 0 Å². The number of aromatic nitrogens is 1. The molecule has 1 saturated carbocycles. The number of nitrogens with zero attached hydrogens (tertiary/aromatic N) is 1. The fourth-order valence-electron chi connectivity index (χ4n) is 1.63. The number of carbonyl (C=O) groups excluding carboxylic acids is 1. The summed E-state index contributed by atoms with van der Waals surface area (Å²) in [5.74, 6) is -1.00. The summed E-state index contributed by atoms with van der Waals surface area (Å²) in [4.78, 5) is 26.3. The van der Waals surface area contributed by atoms with Crippen molar-refractivity contribution < 1.29 is 14.7 Å². The molecule has 1 fully saturated rings. The molecule has 0 radical (unpaired) electrons. The van der Waals surface area contributed by atoms with Crippen molar-refractivity contribution in [3.8, 4) is 0 Å². The van der Waals surface area contributed by atoms with Crippen molar-refractivity contribution in [2.75, 3.05) is 6.54 Å². The molecule has 2 rings (SSSR count). The first-order valence-electron chi connectivity index (χ1n) is 6.18. The maximum atomic E-state index is 11.5. The molecule has 0 aliphatic heterocycles. The Morgan fingerprint density at radius 1 is 1.42 bits per heavy atom. The van der Waals surface area contributed by atoms with Crippen LogP contribution in [-0.2, 0) is 6.54 Å². The summed E-state index contributed by atoms with van der Waals surface area (Å²) in [5, 5.41) is 14.3. The first kappa shape index (κ1) is 13.3. The van der Waals surface area contributed by atoms with Crippen molar-refractivity contribution in [2.24, 2.45) is 5.41 Å². The third kappa shape index (κ3) is 3.94. The molecule has 1 aromatic rings. The first-order valence-corrected chi connectivity index (χ1v) is 6.18. The van der Waals surface area contributed by atoms with E-state index in [0.717, 1.165) is 12.8 Å². The van der Waals surface area contributed by atoms with E-state index in [9.17, 15) is 9.59 Å². The van der Waals surface area contributed by atoms with Crippen molar-refractivity contribution >= 4 is 12.0 Å². The molecule has 0 bridgehead atoms. The molecular formula is C13H17N3O3. The summed E-state index contributed by atoms with van der Waals surface area (Å²) in [5.41, 5.74) is 0.948. The van der Waals surface area contributed by atoms with E-state index in [2.05, 4.69) is 22.5 Å². The van der Waals surface area contributed by atoms with Gasteiger partial charge in [-0.3, -0.25) is 4.98 Å². The second kappa shape index (κ2) is 5.26. The summed E-state index contributed by atoms with van der Waals surface area (Å²) in [6.45, 7) is 3.01. The molecule has 1 aliphatic rings. The lowest BCUT2D eigenvalue weighted by Crippen LogP contribution is -2.38. The number of pyridine rings is 1. The fraction of sp³-hybridized carbons (Fsp3) is 0.462. The summed E-state index contributed by atoms with van der Waals surface area (Å²) in [6, 6.07) is 2.61. The third-order valence-electron chi connectivity index (χ3n) is 3.27. The summed E-state index contributed by atoms with van der Waals surface area (Å²) < 4.78 is 0. The number of carboxylic acids is 1. The Morgan fingerprint density at radius 3 is 2.79 bits per heavy atom. The van der Waals surface area contributed by atoms with E-state index in [1.165, 1.54) is 18.3 Å². The fourth-order valence-corrected chi connectivity index (χ4v) is 1.63. The Hall–Kier alpha value is -2.11. The predicted molar refractivity (Wildman–Crippen MR) is 68.8 cm³/mol. The van der Waals surface area contributed by atoms with Crippen LogP contribution in [0.5, 0.6) is 0 Å². The standard InChI is InChI=1S/C13H17N3O3/c1-13(3-4-13)8-16-12(19)15-7-10-6-9(11(17)18)2-5-14-10/h2,5-6H,3-4,7-8H2,1H3,(H,17,18)(H2,15,16,19). The topological polar surface area (TPSA) is 91.3 Å². The molecule has 2 amide bonds. The monoisotopic (exact) mass is 263 g/mol. The van der Waals surface area contributed by atoms with E-state index in [0.29, 0.717) is 12.2 Å². The number of carboxylic acid groups (broad SMARTS) is 1. The van der Waals surface area contributed by atoms with Crippen molar-refractivity contribution in [2.45, 2.75) is 26.3 Å². The number of hydrogen-bond donors (Lipinski definition) is 3. The molecule has 19 heavy (non-hydrogen) atoms. The first-order chi connectivity index (χ1) is 8.98. The van der Waals surface area contributed by atoms with Gasteiger partial charge in [0.2, 0.25) is 0 Å². The Morgan fingerprint density at radius 2 is 2.16 bits per heavy atom. The lowest BCUT2D eigenvalue weighted by atomic mass is 10.1. The minimum absolute atomic E-state index is 0.165. The molecule has 0 saturated heterocycles. The molecule has 1 aromatic heterocycles. The lowest BCUT2D eigenvalue weighted by molar-refractivity contribution is 0.0696. The van der Waals surface area contributed by atoms with Gasteiger partial charge in [0.15, 0.2) is 0 Å². The quantitative estimate of drug-likeness (QED) is 0.748. The van der Waals surface area contributed by atoms with Gasteiger partial charge in [-0.25, -0.2) is 9.59 Å². The molecule has 6 nitrogen and oxygen atoms in total. The molecule has 3 N–H and O–H groups in total. The van der Waals surface area contributed by atoms with Crippen LogP contribution in [-0.4, -0.2) is 28.6 Å². The molecular weight excluding hydrogens is 246 g/mol. The highest BCUT2D eigenvalue weighted by atomic mass is 16.4. The summed E-state index contributed by atoms with van der Waals surface area (Å²) in [6.07, 6.45) is 3.72. The van der Waals surface area contributed by atoms with Crippen molar-refractivity contribution in [3.05, 3.63) is 29.6 Å². The average molecular weight is 263 g/mol. The third-order valence-corrected chi connectivity index (χ3v) is 3.27. The van der Waals surface area contributed by atoms with E-state index in [-0.39, 0.29) is 23.6 Å². The summed E-state index contributed by atoms with van der Waals surface area (Å²) >= 11 is 0. The van der Waals surface area contributed by atoms with Crippen LogP contribution in [0.3, 0.4) is 0 Å². The van der Waals surface area contributed by atoms with Crippen molar-refractivity contribution in [3.63, 3.8) is 0 Å². The van der Waals surface area contributed by atoms with Gasteiger partial charge in [-0.05, 0) is 30.4 Å². The second-order valence-electron chi connectivity index (χ2n) is 5.19. The van der Waals surface area contributed by atoms with Crippen molar-refractivity contribution in [1.29, 1.82) is 0 Å². The molecule has 0 spiro atoms. The van der Waals surface area contributed by atoms with E-state index < -0.39 is 5.97 Å². The molecule has 6 heteroatoms. The van der Waals surface area contributed by atoms with Crippen LogP contribution in [0.25, 0.3) is 0 Å². The van der Waals surface area contributed by atoms with E-state index in [1.807, 2.05) is 0 Å². The normalized spacial score (nSPS) is 15.6. The van der Waals surface area contributed by atoms with Gasteiger partial charge in [-0.1, -0.05) is 6.92 Å². The number of aromatic carboxylic acids is 1. The van der Waals surface area contributed by atoms with Crippen LogP contribution in [0.2, 0.25) is 0 Å². The SMILES string of the molecule is CC1(CNC(=O)NCc2cc(C(=O)O)ccn2)CC1. The zero-order chi connectivity index (χ0) is 13.9. The van der Waals surface area contributed by atoms with Gasteiger partial charge < -0.3 is 15.7 Å². The number of rotatable bonds is 5. The van der Waals surface area contributed by atoms with Gasteiger partial charge >= 0.3 is 12.0 Å². The predicted octanol–water partition coefficient (Wildman–Crippen LogP) is 1.38. The highest BCUT2D eigenvalue weighted by Crippen LogP contribution is 2.43. The van der Waals surface area contributed by atoms with Crippen LogP contribution in [0.1, 0.15) is 35.8 Å². The van der Waals surface area contributed by atoms with Crippen LogP contribution in [0, 0.1) is 5.41 Å². The Balaban J connectivity index is 1.79. The maximum Gasteiger partial charge on any atom is 0.335 e. The van der Waals surface area contributed by atoms with Gasteiger partial charge in [0.1, 0.15) is 0 Å². The largest absolute Gasteiger partial charge is 0.478 e. The van der Waals surface area contributed by atoms with E-state index >= 15 is 0 Å². The Labute approximate surface area is 111 Å². The number of hydrogen-bond acceptors (Lipinski definition) is 3. The van der Waals surface area contributed by atoms with Crippen LogP contribution in [0.4, 0.5) is 4.79 Å². The Bertz CT molecular complexity index is 498. The second-order valence-corrected chi connectivity index (χ2v) is 5.19. The molecule has 0 unspecified atom stereocenters. The summed E-state index contributed by atoms with van der Waals surface area (Å²) in [7, 11) is 0. The molecule has 1 heterocycles. The number of nitrogens with one attached hydrogen (secondary N) is 2. The maximum absolute atomic E-state index is 11.5. The average Bonchev–Trinajstić information content (AvgIpc) is 3.13. The van der Waals surface area contributed by atoms with Crippen LogP contribution < -0.4 is 10.6 Å². The number of urea groups is 1. The van der Waals surface area contributed by atoms with E-state index in [1.54, 1.807) is 0 Å². The minimum Gasteiger partial charge on any atom is -0.478 e. The van der Waals surface area contributed by atoms with Crippen LogP contribution in [0.15, 0.2) is 18.3 Å². The zero-order valence-electron chi connectivity index (χ0n) is 10.8. The smallest absolute Gasteiger partial charge is 0.335 e. The molecule has 0 aromatic carbocycles. The van der Waals surface area contributed by atoms with Crippen molar-refractivity contribution in [1.82, 2.24) is 15.6 Å². The van der Waals surface area contributed by atoms with Gasteiger partial charge in [0.05, 0.1) is 17.8 Å². The minimum atomic E-state index is -1.00. The van der Waals surface area contributed by atoms with Gasteiger partial charge in [0, 0.05) is 12.7 Å². The highest BCUT2D eigenvalue weighted by molar-refractivity contribution is 5.87. The number of amides is 2. The van der Waals surface area contributed by atoms with Crippen LogP contribution >= 0.6 is 0 Å². The number of carbonyl (C=O) groups is 2. The van der Waals surface area contributed by atoms with Gasteiger partial charge in [-0.15, -0.1) is 0 Å². The molecule has 0 atom stereocenters. The van der Waals surface area contributed by atoms with Gasteiger partial charge in [0.25, 0.3) is 0 Å². The molecule has 102 valence electrons. The molecule has 1 aliphatic carbocycles. The lowest BCUT2D eigenvalue weighted by Gasteiger charge is -2.11. The van der Waals surface area contributed by atoms with E-state index in [4.69, 9.17) is 5.11 Å². The Kier molecular flexibility index (Phi) is 3.69. The zero-order valence-corrected chi connectivity index (χ0v) is 10.8.